The Hall–Kier alpha value is -1.80. The van der Waals surface area contributed by atoms with Crippen molar-refractivity contribution >= 4 is 49.2 Å². The van der Waals surface area contributed by atoms with Gasteiger partial charge < -0.3 is 10.0 Å². The third-order valence-electron chi connectivity index (χ3n) is 5.92. The normalized spacial score (nSPS) is 11.2. The van der Waals surface area contributed by atoms with Crippen LogP contribution in [0.5, 0.6) is 5.75 Å². The molecule has 0 radical (unpaired) electrons. The number of para-hydroxylation sites is 2. The van der Waals surface area contributed by atoms with Crippen molar-refractivity contribution in [2.45, 2.75) is 39.7 Å². The van der Waals surface area contributed by atoms with E-state index in [9.17, 15) is 5.11 Å². The second kappa shape index (κ2) is 13.7. The summed E-state index contributed by atoms with van der Waals surface area (Å²) < 4.78 is 0. The maximum atomic E-state index is 10.9. The molecule has 0 saturated heterocycles. The molecule has 0 aliphatic heterocycles. The van der Waals surface area contributed by atoms with Crippen molar-refractivity contribution in [3.05, 3.63) is 114 Å². The zero-order chi connectivity index (χ0) is 26.1. The van der Waals surface area contributed by atoms with Crippen molar-refractivity contribution in [1.82, 2.24) is 0 Å². The van der Waals surface area contributed by atoms with E-state index in [0.29, 0.717) is 14.3 Å². The first-order valence-electron chi connectivity index (χ1n) is 11.8. The van der Waals surface area contributed by atoms with Crippen LogP contribution < -0.4 is 15.5 Å². The number of benzene rings is 4. The molecule has 0 aliphatic rings. The average Bonchev–Trinajstić information content (AvgIpc) is 2.87. The van der Waals surface area contributed by atoms with Crippen molar-refractivity contribution in [1.29, 1.82) is 0 Å². The van der Waals surface area contributed by atoms with E-state index in [0.717, 1.165) is 28.8 Å². The fraction of sp³-hybridized carbons (Fsp3) is 0.200. The Kier molecular flexibility index (Phi) is 10.9. The van der Waals surface area contributed by atoms with Crippen molar-refractivity contribution in [3.8, 4) is 5.75 Å². The molecule has 0 amide bonds. The Morgan fingerprint density at radius 2 is 1.28 bits per heavy atom. The Labute approximate surface area is 234 Å². The van der Waals surface area contributed by atoms with Crippen LogP contribution in [0.25, 0.3) is 0 Å². The standard InChI is InChI=1S/C30H32NOP.2ClH.Ti/c1-22-19-24(30(2,3)4)20-28(29(22)32)33-27-18-12-11-13-23(27)21-31(25-14-7-5-8-15-25)26-16-9-6-10-17-26;;;/h5-20,32-33H,21H2,1-4H3;2*1H;/q;;;+2/p-2. The molecule has 2 nitrogen and oxygen atoms in total. The van der Waals surface area contributed by atoms with Crippen molar-refractivity contribution in [3.63, 3.8) is 0 Å². The van der Waals surface area contributed by atoms with E-state index in [1.54, 1.807) is 0 Å². The summed E-state index contributed by atoms with van der Waals surface area (Å²) in [5, 5.41) is 13.1. The fourth-order valence-electron chi connectivity index (χ4n) is 3.95. The maximum absolute atomic E-state index is 10.9. The first-order chi connectivity index (χ1) is 17.2. The number of phenolic OH excluding ortho intramolecular Hbond substituents is 1. The molecule has 0 saturated carbocycles. The number of hydrogen-bond donors (Lipinski definition) is 1. The zero-order valence-corrected chi connectivity index (χ0v) is 25.2. The molecular formula is C30H32Cl2NOPTi. The van der Waals surface area contributed by atoms with Crippen molar-refractivity contribution < 1.29 is 22.1 Å². The summed E-state index contributed by atoms with van der Waals surface area (Å²) in [7, 11) is 10.2. The van der Waals surface area contributed by atoms with Crippen LogP contribution in [0.15, 0.2) is 97.1 Å². The van der Waals surface area contributed by atoms with Gasteiger partial charge in [-0.1, -0.05) is 96.1 Å². The van der Waals surface area contributed by atoms with Crippen molar-refractivity contribution in [2.24, 2.45) is 0 Å². The summed E-state index contributed by atoms with van der Waals surface area (Å²) in [6, 6.07) is 33.9. The Bertz CT molecular complexity index is 1210. The van der Waals surface area contributed by atoms with Crippen LogP contribution in [0.3, 0.4) is 0 Å². The van der Waals surface area contributed by atoms with Gasteiger partial charge in [0.25, 0.3) is 0 Å². The number of hydrogen-bond acceptors (Lipinski definition) is 2. The van der Waals surface area contributed by atoms with Gasteiger partial charge in [0.2, 0.25) is 0 Å². The number of halogens is 2. The predicted octanol–water partition coefficient (Wildman–Crippen LogP) is 8.34. The van der Waals surface area contributed by atoms with Gasteiger partial charge in [-0.3, -0.25) is 0 Å². The predicted molar refractivity (Wildman–Crippen MR) is 156 cm³/mol. The number of aryl methyl sites for hydroxylation is 1. The van der Waals surface area contributed by atoms with E-state index in [-0.39, 0.29) is 5.41 Å². The van der Waals surface area contributed by atoms with Gasteiger partial charge in [0.05, 0.1) is 0 Å². The summed E-state index contributed by atoms with van der Waals surface area (Å²) in [4.78, 5) is 2.35. The van der Waals surface area contributed by atoms with Crippen molar-refractivity contribution in [2.75, 3.05) is 4.90 Å². The molecule has 0 spiro atoms. The second-order valence-electron chi connectivity index (χ2n) is 9.55. The topological polar surface area (TPSA) is 23.5 Å². The van der Waals surface area contributed by atoms with Gasteiger partial charge in [0.1, 0.15) is 5.75 Å². The summed E-state index contributed by atoms with van der Waals surface area (Å²) in [6.07, 6.45) is 0. The van der Waals surface area contributed by atoms with Crippen LogP contribution >= 0.6 is 27.2 Å². The molecule has 0 heterocycles. The molecule has 0 bridgehead atoms. The molecule has 4 rings (SSSR count). The molecule has 1 N–H and O–H groups in total. The van der Waals surface area contributed by atoms with Gasteiger partial charge in [-0.05, 0) is 64.7 Å². The number of aromatic hydroxyl groups is 1. The molecule has 0 fully saturated rings. The van der Waals surface area contributed by atoms with E-state index in [2.05, 4.69) is 123 Å². The number of rotatable bonds is 6. The Morgan fingerprint density at radius 1 is 0.778 bits per heavy atom. The molecule has 4 aromatic rings. The monoisotopic (exact) mass is 571 g/mol. The molecule has 36 heavy (non-hydrogen) atoms. The zero-order valence-electron chi connectivity index (χ0n) is 21.1. The van der Waals surface area contributed by atoms with Crippen LogP contribution in [0.2, 0.25) is 0 Å². The first-order valence-corrected chi connectivity index (χ1v) is 17.1. The SMILES string of the molecule is Cc1cc(C(C)(C)C)cc(Pc2ccccc2CN(c2ccccc2)c2ccccc2)c1O.[Cl][Ti][Cl]. The van der Waals surface area contributed by atoms with Gasteiger partial charge in [0, 0.05) is 23.2 Å². The van der Waals surface area contributed by atoms with Crippen LogP contribution in [0.4, 0.5) is 11.4 Å². The molecule has 4 aromatic carbocycles. The van der Waals surface area contributed by atoms with Crippen LogP contribution in [0, 0.1) is 6.92 Å². The van der Waals surface area contributed by atoms with Gasteiger partial charge in [-0.2, -0.15) is 0 Å². The molecular weight excluding hydrogens is 540 g/mol. The third kappa shape index (κ3) is 7.85. The number of anilines is 2. The van der Waals surface area contributed by atoms with E-state index in [4.69, 9.17) is 18.6 Å². The van der Waals surface area contributed by atoms with Gasteiger partial charge in [-0.25, -0.2) is 0 Å². The molecule has 6 heteroatoms. The van der Waals surface area contributed by atoms with Gasteiger partial charge >= 0.3 is 35.6 Å². The average molecular weight is 572 g/mol. The summed E-state index contributed by atoms with van der Waals surface area (Å²) in [5.74, 6) is 0.416. The third-order valence-corrected chi connectivity index (χ3v) is 7.33. The minimum atomic E-state index is -0.556. The fourth-order valence-corrected chi connectivity index (χ4v) is 5.29. The molecule has 0 aliphatic carbocycles. The molecule has 186 valence electrons. The van der Waals surface area contributed by atoms with E-state index in [1.165, 1.54) is 16.4 Å². The Morgan fingerprint density at radius 3 is 1.81 bits per heavy atom. The summed E-state index contributed by atoms with van der Waals surface area (Å²) in [5.41, 5.74) is 5.83. The molecule has 1 atom stereocenters. The molecule has 1 unspecified atom stereocenters. The van der Waals surface area contributed by atoms with Crippen LogP contribution in [-0.2, 0) is 29.0 Å². The van der Waals surface area contributed by atoms with Gasteiger partial charge in [0.15, 0.2) is 0 Å². The number of phenols is 1. The van der Waals surface area contributed by atoms with Gasteiger partial charge in [-0.15, -0.1) is 0 Å². The Balaban J connectivity index is 0.00000115. The van der Waals surface area contributed by atoms with Crippen LogP contribution in [-0.4, -0.2) is 5.11 Å². The molecule has 0 aromatic heterocycles. The number of nitrogens with zero attached hydrogens (tertiary/aromatic N) is 1. The van der Waals surface area contributed by atoms with Crippen LogP contribution in [0.1, 0.15) is 37.5 Å². The quantitative estimate of drug-likeness (QED) is 0.186. The minimum absolute atomic E-state index is 0.0363. The summed E-state index contributed by atoms with van der Waals surface area (Å²) >= 11 is -0.556. The second-order valence-corrected chi connectivity index (χ2v) is 13.5. The van der Waals surface area contributed by atoms with E-state index >= 15 is 0 Å². The first kappa shape index (κ1) is 28.8. The summed E-state index contributed by atoms with van der Waals surface area (Å²) in [6.45, 7) is 9.42. The van der Waals surface area contributed by atoms with E-state index < -0.39 is 17.0 Å². The van der Waals surface area contributed by atoms with E-state index in [1.807, 2.05) is 6.92 Å².